The number of hydrogen-bond acceptors (Lipinski definition) is 7. The molecule has 2 aliphatic heterocycles. The molecule has 34 heavy (non-hydrogen) atoms. The lowest BCUT2D eigenvalue weighted by molar-refractivity contribution is -0.314. The van der Waals surface area contributed by atoms with Crippen LogP contribution in [0.3, 0.4) is 0 Å². The number of fused-ring (bicyclic) bond motifs is 1. The Morgan fingerprint density at radius 3 is 2.47 bits per heavy atom. The molecule has 2 aliphatic rings. The van der Waals surface area contributed by atoms with Crippen LogP contribution in [-0.2, 0) is 19.0 Å². The van der Waals surface area contributed by atoms with Crippen molar-refractivity contribution in [3.63, 3.8) is 0 Å². The number of carbonyl (C=O) groups is 1. The number of halogens is 3. The third-order valence-corrected chi connectivity index (χ3v) is 5.79. The van der Waals surface area contributed by atoms with Crippen LogP contribution in [0.5, 0.6) is 0 Å². The van der Waals surface area contributed by atoms with E-state index in [1.54, 1.807) is 24.3 Å². The SMILES string of the molecule is O=C(O)C1OC2COC(c3ccccc3)OC2C(n2cc(-c3cc(F)c(F)c(F)c3)nn2)C1O. The predicted octanol–water partition coefficient (Wildman–Crippen LogP) is 2.23. The first-order chi connectivity index (χ1) is 16.3. The topological polar surface area (TPSA) is 116 Å². The number of ether oxygens (including phenoxy) is 3. The van der Waals surface area contributed by atoms with E-state index in [4.69, 9.17) is 14.2 Å². The zero-order valence-electron chi connectivity index (χ0n) is 17.3. The zero-order valence-corrected chi connectivity index (χ0v) is 17.3. The van der Waals surface area contributed by atoms with Crippen LogP contribution in [0, 0.1) is 17.5 Å². The first-order valence-electron chi connectivity index (χ1n) is 10.3. The Hall–Kier alpha value is -3.32. The third kappa shape index (κ3) is 3.94. The highest BCUT2D eigenvalue weighted by Gasteiger charge is 2.53. The molecule has 5 rings (SSSR count). The van der Waals surface area contributed by atoms with E-state index in [0.717, 1.165) is 16.8 Å². The van der Waals surface area contributed by atoms with Gasteiger partial charge in [-0.15, -0.1) is 5.10 Å². The summed E-state index contributed by atoms with van der Waals surface area (Å²) in [5.41, 5.74) is 0.586. The molecule has 2 fully saturated rings. The fourth-order valence-corrected chi connectivity index (χ4v) is 4.16. The van der Waals surface area contributed by atoms with E-state index in [2.05, 4.69) is 10.3 Å². The summed E-state index contributed by atoms with van der Waals surface area (Å²) < 4.78 is 59.2. The number of aliphatic carboxylic acids is 1. The van der Waals surface area contributed by atoms with Gasteiger partial charge in [0.2, 0.25) is 0 Å². The van der Waals surface area contributed by atoms with Crippen molar-refractivity contribution in [2.45, 2.75) is 36.7 Å². The van der Waals surface area contributed by atoms with Gasteiger partial charge in [-0.05, 0) is 12.1 Å². The van der Waals surface area contributed by atoms with Crippen LogP contribution in [0.25, 0.3) is 11.3 Å². The molecular weight excluding hydrogens is 459 g/mol. The van der Waals surface area contributed by atoms with Crippen molar-refractivity contribution in [3.8, 4) is 11.3 Å². The quantitative estimate of drug-likeness (QED) is 0.550. The molecule has 6 unspecified atom stereocenters. The summed E-state index contributed by atoms with van der Waals surface area (Å²) in [6, 6.07) is 9.40. The van der Waals surface area contributed by atoms with Crippen LogP contribution < -0.4 is 0 Å². The molecule has 0 spiro atoms. The van der Waals surface area contributed by atoms with Gasteiger partial charge >= 0.3 is 5.97 Å². The highest BCUT2D eigenvalue weighted by atomic mass is 19.2. The van der Waals surface area contributed by atoms with Crippen LogP contribution in [0.2, 0.25) is 0 Å². The highest BCUT2D eigenvalue weighted by molar-refractivity contribution is 5.73. The van der Waals surface area contributed by atoms with E-state index in [9.17, 15) is 28.2 Å². The summed E-state index contributed by atoms with van der Waals surface area (Å²) in [7, 11) is 0. The van der Waals surface area contributed by atoms with E-state index >= 15 is 0 Å². The molecule has 2 saturated heterocycles. The highest BCUT2D eigenvalue weighted by Crippen LogP contribution is 2.39. The lowest BCUT2D eigenvalue weighted by atomic mass is 9.91. The Morgan fingerprint density at radius 2 is 1.79 bits per heavy atom. The number of rotatable bonds is 4. The molecule has 9 nitrogen and oxygen atoms in total. The Kier molecular flexibility index (Phi) is 5.81. The average molecular weight is 477 g/mol. The standard InChI is InChI=1S/C22H18F3N3O6/c23-12-6-11(7-13(24)16(12)25)14-8-28(27-26-14)17-18(29)20(21(30)31)33-15-9-32-22(34-19(15)17)10-4-2-1-3-5-10/h1-8,15,17-20,22,29H,9H2,(H,30,31). The van der Waals surface area contributed by atoms with Crippen LogP contribution in [0.15, 0.2) is 48.7 Å². The Balaban J connectivity index is 1.50. The van der Waals surface area contributed by atoms with Gasteiger partial charge in [0.25, 0.3) is 0 Å². The zero-order chi connectivity index (χ0) is 24.0. The van der Waals surface area contributed by atoms with E-state index in [-0.39, 0.29) is 17.9 Å². The fraction of sp³-hybridized carbons (Fsp3) is 0.318. The van der Waals surface area contributed by atoms with Gasteiger partial charge in [0.05, 0.1) is 12.8 Å². The summed E-state index contributed by atoms with van der Waals surface area (Å²) in [5, 5.41) is 28.2. The fourth-order valence-electron chi connectivity index (χ4n) is 4.16. The minimum atomic E-state index is -1.62. The summed E-state index contributed by atoms with van der Waals surface area (Å²) in [4.78, 5) is 11.7. The molecule has 3 heterocycles. The summed E-state index contributed by atoms with van der Waals surface area (Å²) in [6.07, 6.45) is -4.53. The van der Waals surface area contributed by atoms with Gasteiger partial charge in [0.15, 0.2) is 29.8 Å². The molecule has 0 aliphatic carbocycles. The van der Waals surface area contributed by atoms with E-state index in [1.807, 2.05) is 6.07 Å². The van der Waals surface area contributed by atoms with Gasteiger partial charge in [0.1, 0.15) is 30.0 Å². The van der Waals surface area contributed by atoms with Gasteiger partial charge in [0, 0.05) is 11.1 Å². The smallest absolute Gasteiger partial charge is 0.335 e. The number of aliphatic hydroxyl groups is 1. The molecule has 0 radical (unpaired) electrons. The third-order valence-electron chi connectivity index (χ3n) is 5.79. The second-order valence-corrected chi connectivity index (χ2v) is 7.93. The Labute approximate surface area is 190 Å². The number of carboxylic acid groups (broad SMARTS) is 1. The number of nitrogens with zero attached hydrogens (tertiary/aromatic N) is 3. The Bertz CT molecular complexity index is 1190. The number of aliphatic hydroxyl groups excluding tert-OH is 1. The second kappa shape index (κ2) is 8.80. The predicted molar refractivity (Wildman–Crippen MR) is 107 cm³/mol. The molecule has 6 atom stereocenters. The molecule has 1 aromatic heterocycles. The van der Waals surface area contributed by atoms with Crippen molar-refractivity contribution in [1.29, 1.82) is 0 Å². The summed E-state index contributed by atoms with van der Waals surface area (Å²) >= 11 is 0. The molecule has 0 bridgehead atoms. The molecule has 12 heteroatoms. The lowest BCUT2D eigenvalue weighted by Crippen LogP contribution is -2.61. The van der Waals surface area contributed by atoms with Crippen LogP contribution in [-0.4, -0.2) is 62.2 Å². The molecular formula is C22H18F3N3O6. The van der Waals surface area contributed by atoms with E-state index in [0.29, 0.717) is 5.56 Å². The first kappa shape index (κ1) is 22.5. The molecule has 3 aromatic rings. The maximum Gasteiger partial charge on any atom is 0.335 e. The lowest BCUT2D eigenvalue weighted by Gasteiger charge is -2.47. The van der Waals surface area contributed by atoms with Crippen molar-refractivity contribution in [3.05, 3.63) is 71.7 Å². The molecule has 2 N–H and O–H groups in total. The number of carboxylic acids is 1. The van der Waals surface area contributed by atoms with Gasteiger partial charge in [-0.1, -0.05) is 35.5 Å². The summed E-state index contributed by atoms with van der Waals surface area (Å²) in [6.45, 7) is -0.0207. The van der Waals surface area contributed by atoms with Gasteiger partial charge in [-0.2, -0.15) is 0 Å². The van der Waals surface area contributed by atoms with Crippen molar-refractivity contribution in [2.75, 3.05) is 6.61 Å². The van der Waals surface area contributed by atoms with Gasteiger partial charge < -0.3 is 24.4 Å². The molecule has 2 aromatic carbocycles. The van der Waals surface area contributed by atoms with Crippen molar-refractivity contribution in [2.24, 2.45) is 0 Å². The second-order valence-electron chi connectivity index (χ2n) is 7.93. The number of aromatic nitrogens is 3. The summed E-state index contributed by atoms with van der Waals surface area (Å²) in [5.74, 6) is -5.82. The van der Waals surface area contributed by atoms with Crippen LogP contribution in [0.1, 0.15) is 17.9 Å². The normalized spacial score (nSPS) is 28.9. The average Bonchev–Trinajstić information content (AvgIpc) is 3.31. The number of benzene rings is 2. The van der Waals surface area contributed by atoms with Crippen molar-refractivity contribution < 1.29 is 42.4 Å². The maximum atomic E-state index is 13.7. The molecule has 0 saturated carbocycles. The van der Waals surface area contributed by atoms with Gasteiger partial charge in [-0.3, -0.25) is 0 Å². The first-order valence-corrected chi connectivity index (χ1v) is 10.3. The molecule has 178 valence electrons. The number of hydrogen-bond donors (Lipinski definition) is 2. The van der Waals surface area contributed by atoms with Crippen molar-refractivity contribution >= 4 is 5.97 Å². The van der Waals surface area contributed by atoms with E-state index < -0.39 is 60.2 Å². The minimum Gasteiger partial charge on any atom is -0.479 e. The van der Waals surface area contributed by atoms with Crippen molar-refractivity contribution in [1.82, 2.24) is 15.0 Å². The molecule has 0 amide bonds. The van der Waals surface area contributed by atoms with Crippen LogP contribution in [0.4, 0.5) is 13.2 Å². The van der Waals surface area contributed by atoms with E-state index in [1.165, 1.54) is 6.20 Å². The maximum absolute atomic E-state index is 13.7. The monoisotopic (exact) mass is 477 g/mol. The van der Waals surface area contributed by atoms with Gasteiger partial charge in [-0.25, -0.2) is 22.6 Å². The van der Waals surface area contributed by atoms with Crippen LogP contribution >= 0.6 is 0 Å². The Morgan fingerprint density at radius 1 is 1.09 bits per heavy atom. The minimum absolute atomic E-state index is 0.0207. The largest absolute Gasteiger partial charge is 0.479 e.